The summed E-state index contributed by atoms with van der Waals surface area (Å²) in [4.78, 5) is 11.0. The SMILES string of the molecule is CCC(=O)CNc1cccc(OC)c1. The van der Waals surface area contributed by atoms with Crippen LogP contribution in [0.1, 0.15) is 13.3 Å². The Morgan fingerprint density at radius 1 is 1.50 bits per heavy atom. The second-order valence-electron chi connectivity index (χ2n) is 2.98. The van der Waals surface area contributed by atoms with E-state index in [0.29, 0.717) is 13.0 Å². The fourth-order valence-electron chi connectivity index (χ4n) is 1.06. The Kier molecular flexibility index (Phi) is 3.98. The van der Waals surface area contributed by atoms with E-state index in [4.69, 9.17) is 4.74 Å². The van der Waals surface area contributed by atoms with Gasteiger partial charge in [0.15, 0.2) is 5.78 Å². The van der Waals surface area contributed by atoms with Gasteiger partial charge in [-0.15, -0.1) is 0 Å². The van der Waals surface area contributed by atoms with E-state index in [1.54, 1.807) is 7.11 Å². The van der Waals surface area contributed by atoms with Crippen LogP contribution in [0.5, 0.6) is 5.75 Å². The van der Waals surface area contributed by atoms with E-state index in [9.17, 15) is 4.79 Å². The third-order valence-electron chi connectivity index (χ3n) is 1.95. The lowest BCUT2D eigenvalue weighted by Gasteiger charge is -2.06. The number of hydrogen-bond acceptors (Lipinski definition) is 3. The molecule has 0 radical (unpaired) electrons. The van der Waals surface area contributed by atoms with Gasteiger partial charge in [0.2, 0.25) is 0 Å². The van der Waals surface area contributed by atoms with Crippen molar-refractivity contribution in [2.75, 3.05) is 19.0 Å². The quantitative estimate of drug-likeness (QED) is 0.778. The van der Waals surface area contributed by atoms with Crippen molar-refractivity contribution in [3.63, 3.8) is 0 Å². The topological polar surface area (TPSA) is 38.3 Å². The summed E-state index contributed by atoms with van der Waals surface area (Å²) < 4.78 is 5.06. The minimum Gasteiger partial charge on any atom is -0.497 e. The number of hydrogen-bond donors (Lipinski definition) is 1. The Morgan fingerprint density at radius 2 is 2.29 bits per heavy atom. The molecule has 0 fully saturated rings. The summed E-state index contributed by atoms with van der Waals surface area (Å²) in [5.74, 6) is 0.992. The van der Waals surface area contributed by atoms with Gasteiger partial charge >= 0.3 is 0 Å². The van der Waals surface area contributed by atoms with Crippen LogP contribution in [0, 0.1) is 0 Å². The first-order valence-electron chi connectivity index (χ1n) is 4.66. The van der Waals surface area contributed by atoms with Gasteiger partial charge in [-0.1, -0.05) is 13.0 Å². The number of nitrogens with one attached hydrogen (secondary N) is 1. The maximum atomic E-state index is 11.0. The maximum Gasteiger partial charge on any atom is 0.151 e. The molecule has 0 saturated carbocycles. The van der Waals surface area contributed by atoms with Crippen LogP contribution in [0.4, 0.5) is 5.69 Å². The number of ketones is 1. The Bertz CT molecular complexity index is 310. The summed E-state index contributed by atoms with van der Waals surface area (Å²) in [5.41, 5.74) is 0.908. The van der Waals surface area contributed by atoms with Crippen LogP contribution >= 0.6 is 0 Å². The van der Waals surface area contributed by atoms with Crippen LogP contribution in [0.25, 0.3) is 0 Å². The van der Waals surface area contributed by atoms with Crippen molar-refractivity contribution in [1.29, 1.82) is 0 Å². The third-order valence-corrected chi connectivity index (χ3v) is 1.95. The number of anilines is 1. The van der Waals surface area contributed by atoms with E-state index in [1.165, 1.54) is 0 Å². The summed E-state index contributed by atoms with van der Waals surface area (Å²) in [6.45, 7) is 2.24. The molecule has 1 aromatic carbocycles. The summed E-state index contributed by atoms with van der Waals surface area (Å²) >= 11 is 0. The molecular weight excluding hydrogens is 178 g/mol. The van der Waals surface area contributed by atoms with E-state index in [2.05, 4.69) is 5.32 Å². The Balaban J connectivity index is 2.54. The molecule has 0 spiro atoms. The van der Waals surface area contributed by atoms with Crippen molar-refractivity contribution in [2.45, 2.75) is 13.3 Å². The van der Waals surface area contributed by atoms with Crippen molar-refractivity contribution in [3.8, 4) is 5.75 Å². The molecule has 0 aliphatic heterocycles. The van der Waals surface area contributed by atoms with Crippen molar-refractivity contribution in [3.05, 3.63) is 24.3 Å². The number of Topliss-reactive ketones (excluding diaryl/α,β-unsaturated/α-hetero) is 1. The highest BCUT2D eigenvalue weighted by Crippen LogP contribution is 2.16. The molecular formula is C11H15NO2. The number of rotatable bonds is 5. The molecule has 1 N–H and O–H groups in total. The summed E-state index contributed by atoms with van der Waals surface area (Å²) in [7, 11) is 1.62. The van der Waals surface area contributed by atoms with Gasteiger partial charge in [-0.3, -0.25) is 4.79 Å². The van der Waals surface area contributed by atoms with Gasteiger partial charge in [0.1, 0.15) is 5.75 Å². The van der Waals surface area contributed by atoms with Gasteiger partial charge in [-0.2, -0.15) is 0 Å². The molecule has 3 heteroatoms. The van der Waals surface area contributed by atoms with E-state index in [0.717, 1.165) is 11.4 Å². The first-order chi connectivity index (χ1) is 6.76. The van der Waals surface area contributed by atoms with Gasteiger partial charge in [0.25, 0.3) is 0 Å². The first-order valence-corrected chi connectivity index (χ1v) is 4.66. The second kappa shape index (κ2) is 5.27. The molecule has 76 valence electrons. The fourth-order valence-corrected chi connectivity index (χ4v) is 1.06. The van der Waals surface area contributed by atoms with Gasteiger partial charge in [0.05, 0.1) is 13.7 Å². The highest BCUT2D eigenvalue weighted by molar-refractivity contribution is 5.82. The lowest BCUT2D eigenvalue weighted by Crippen LogP contribution is -2.12. The van der Waals surface area contributed by atoms with Crippen LogP contribution < -0.4 is 10.1 Å². The zero-order valence-corrected chi connectivity index (χ0v) is 8.54. The number of ether oxygens (including phenoxy) is 1. The van der Waals surface area contributed by atoms with Crippen LogP contribution in [-0.4, -0.2) is 19.4 Å². The summed E-state index contributed by atoms with van der Waals surface area (Å²) in [6, 6.07) is 7.53. The summed E-state index contributed by atoms with van der Waals surface area (Å²) in [6.07, 6.45) is 0.566. The molecule has 0 saturated heterocycles. The second-order valence-corrected chi connectivity index (χ2v) is 2.98. The lowest BCUT2D eigenvalue weighted by molar-refractivity contribution is -0.117. The van der Waals surface area contributed by atoms with E-state index in [1.807, 2.05) is 31.2 Å². The smallest absolute Gasteiger partial charge is 0.151 e. The van der Waals surface area contributed by atoms with E-state index >= 15 is 0 Å². The van der Waals surface area contributed by atoms with Gasteiger partial charge < -0.3 is 10.1 Å². The van der Waals surface area contributed by atoms with Gasteiger partial charge in [-0.05, 0) is 12.1 Å². The lowest BCUT2D eigenvalue weighted by atomic mass is 10.2. The van der Waals surface area contributed by atoms with Crippen molar-refractivity contribution >= 4 is 11.5 Å². The molecule has 3 nitrogen and oxygen atoms in total. The highest BCUT2D eigenvalue weighted by atomic mass is 16.5. The van der Waals surface area contributed by atoms with Gasteiger partial charge in [-0.25, -0.2) is 0 Å². The molecule has 0 amide bonds. The summed E-state index contributed by atoms with van der Waals surface area (Å²) in [5, 5.41) is 3.04. The molecule has 0 atom stereocenters. The number of benzene rings is 1. The Labute approximate surface area is 84.1 Å². The predicted molar refractivity (Wildman–Crippen MR) is 56.8 cm³/mol. The average Bonchev–Trinajstić information content (AvgIpc) is 2.26. The number of carbonyl (C=O) groups excluding carboxylic acids is 1. The predicted octanol–water partition coefficient (Wildman–Crippen LogP) is 2.09. The van der Waals surface area contributed by atoms with E-state index in [-0.39, 0.29) is 5.78 Å². The zero-order chi connectivity index (χ0) is 10.4. The van der Waals surface area contributed by atoms with Crippen LogP contribution in [0.2, 0.25) is 0 Å². The molecule has 1 aromatic rings. The van der Waals surface area contributed by atoms with Crippen molar-refractivity contribution in [2.24, 2.45) is 0 Å². The monoisotopic (exact) mass is 193 g/mol. The normalized spacial score (nSPS) is 9.57. The Hall–Kier alpha value is -1.51. The van der Waals surface area contributed by atoms with Crippen LogP contribution in [0.15, 0.2) is 24.3 Å². The first kappa shape index (κ1) is 10.6. The molecule has 14 heavy (non-hydrogen) atoms. The fraction of sp³-hybridized carbons (Fsp3) is 0.364. The number of carbonyl (C=O) groups is 1. The molecule has 0 heterocycles. The third kappa shape index (κ3) is 3.09. The average molecular weight is 193 g/mol. The highest BCUT2D eigenvalue weighted by Gasteiger charge is 1.98. The van der Waals surface area contributed by atoms with E-state index < -0.39 is 0 Å². The molecule has 0 unspecified atom stereocenters. The largest absolute Gasteiger partial charge is 0.497 e. The minimum atomic E-state index is 0.202. The molecule has 0 bridgehead atoms. The standard InChI is InChI=1S/C11H15NO2/c1-3-10(13)8-12-9-5-4-6-11(7-9)14-2/h4-7,12H,3,8H2,1-2H3. The maximum absolute atomic E-state index is 11.0. The van der Waals surface area contributed by atoms with Crippen LogP contribution in [0.3, 0.4) is 0 Å². The number of methoxy groups -OCH3 is 1. The zero-order valence-electron chi connectivity index (χ0n) is 8.54. The molecule has 0 aliphatic carbocycles. The van der Waals surface area contributed by atoms with Gasteiger partial charge in [0, 0.05) is 18.2 Å². The molecule has 0 aromatic heterocycles. The van der Waals surface area contributed by atoms with Crippen LogP contribution in [-0.2, 0) is 4.79 Å². The van der Waals surface area contributed by atoms with Crippen molar-refractivity contribution in [1.82, 2.24) is 0 Å². The Morgan fingerprint density at radius 3 is 2.93 bits per heavy atom. The minimum absolute atomic E-state index is 0.202. The molecule has 0 aliphatic rings. The molecule has 1 rings (SSSR count). The van der Waals surface area contributed by atoms with Crippen molar-refractivity contribution < 1.29 is 9.53 Å².